The second-order valence-corrected chi connectivity index (χ2v) is 8.89. The number of sulfonamides is 1. The molecular formula is C21H25FN2O4S. The molecule has 1 aliphatic rings. The van der Waals surface area contributed by atoms with Crippen molar-refractivity contribution in [2.45, 2.75) is 31.2 Å². The molecule has 0 radical (unpaired) electrons. The van der Waals surface area contributed by atoms with Crippen LogP contribution in [0.1, 0.15) is 25.3 Å². The van der Waals surface area contributed by atoms with Crippen molar-refractivity contribution in [2.24, 2.45) is 5.92 Å². The molecule has 0 aromatic heterocycles. The highest BCUT2D eigenvalue weighted by atomic mass is 32.2. The lowest BCUT2D eigenvalue weighted by atomic mass is 9.99. The van der Waals surface area contributed by atoms with E-state index in [1.165, 1.54) is 16.4 Å². The molecule has 1 N–H and O–H groups in total. The van der Waals surface area contributed by atoms with Crippen molar-refractivity contribution in [3.05, 3.63) is 59.9 Å². The van der Waals surface area contributed by atoms with Gasteiger partial charge >= 0.3 is 0 Å². The Balaban J connectivity index is 1.62. The largest absolute Gasteiger partial charge is 0.494 e. The van der Waals surface area contributed by atoms with Gasteiger partial charge in [0.25, 0.3) is 0 Å². The van der Waals surface area contributed by atoms with Gasteiger partial charge in [-0.05, 0) is 61.7 Å². The number of carbonyl (C=O) groups excluding carboxylic acids is 1. The van der Waals surface area contributed by atoms with E-state index in [1.807, 2.05) is 31.2 Å². The number of halogens is 1. The van der Waals surface area contributed by atoms with Crippen LogP contribution in [0.2, 0.25) is 0 Å². The lowest BCUT2D eigenvalue weighted by molar-refractivity contribution is -0.126. The zero-order chi connectivity index (χ0) is 20.9. The second-order valence-electron chi connectivity index (χ2n) is 6.95. The highest BCUT2D eigenvalue weighted by molar-refractivity contribution is 7.89. The molecule has 0 spiro atoms. The number of nitrogens with one attached hydrogen (secondary N) is 1. The minimum Gasteiger partial charge on any atom is -0.494 e. The minimum absolute atomic E-state index is 0.0349. The van der Waals surface area contributed by atoms with Crippen molar-refractivity contribution in [2.75, 3.05) is 19.7 Å². The van der Waals surface area contributed by atoms with Crippen molar-refractivity contribution in [3.63, 3.8) is 0 Å². The molecule has 8 heteroatoms. The molecular weight excluding hydrogens is 395 g/mol. The average molecular weight is 421 g/mol. The third-order valence-electron chi connectivity index (χ3n) is 4.88. The van der Waals surface area contributed by atoms with E-state index in [0.29, 0.717) is 32.5 Å². The number of hydrogen-bond acceptors (Lipinski definition) is 4. The molecule has 6 nitrogen and oxygen atoms in total. The quantitative estimate of drug-likeness (QED) is 0.747. The normalized spacial score (nSPS) is 17.7. The standard InChI is InChI=1S/C21H25FN2O4S/c1-2-28-19-7-3-5-16(13-19)14-23-21(25)17-6-4-12-24(15-17)29(26,27)20-10-8-18(22)9-11-20/h3,5,7-11,13,17H,2,4,6,12,14-15H2,1H3,(H,23,25)/t17-/m0/s1. The van der Waals surface area contributed by atoms with E-state index in [1.54, 1.807) is 0 Å². The zero-order valence-electron chi connectivity index (χ0n) is 16.3. The summed E-state index contributed by atoms with van der Waals surface area (Å²) in [5.74, 6) is -0.346. The van der Waals surface area contributed by atoms with Gasteiger partial charge in [0.15, 0.2) is 0 Å². The molecule has 0 unspecified atom stereocenters. The minimum atomic E-state index is -3.75. The molecule has 1 fully saturated rings. The van der Waals surface area contributed by atoms with Gasteiger partial charge in [-0.1, -0.05) is 12.1 Å². The van der Waals surface area contributed by atoms with Gasteiger partial charge in [0, 0.05) is 19.6 Å². The van der Waals surface area contributed by atoms with E-state index < -0.39 is 21.8 Å². The van der Waals surface area contributed by atoms with E-state index in [0.717, 1.165) is 23.4 Å². The van der Waals surface area contributed by atoms with Gasteiger partial charge in [0.2, 0.25) is 15.9 Å². The van der Waals surface area contributed by atoms with E-state index in [4.69, 9.17) is 4.74 Å². The predicted octanol–water partition coefficient (Wildman–Crippen LogP) is 2.94. The first-order valence-corrected chi connectivity index (χ1v) is 11.1. The van der Waals surface area contributed by atoms with Crippen molar-refractivity contribution in [1.29, 1.82) is 0 Å². The molecule has 1 atom stereocenters. The fourth-order valence-corrected chi connectivity index (χ4v) is 4.90. The van der Waals surface area contributed by atoms with Gasteiger partial charge in [-0.15, -0.1) is 0 Å². The molecule has 1 heterocycles. The summed E-state index contributed by atoms with van der Waals surface area (Å²) >= 11 is 0. The maximum Gasteiger partial charge on any atom is 0.243 e. The maximum atomic E-state index is 13.1. The number of carbonyl (C=O) groups is 1. The monoisotopic (exact) mass is 420 g/mol. The molecule has 0 aliphatic carbocycles. The third-order valence-corrected chi connectivity index (χ3v) is 6.76. The Morgan fingerprint density at radius 1 is 1.24 bits per heavy atom. The average Bonchev–Trinajstić information content (AvgIpc) is 2.73. The first-order chi connectivity index (χ1) is 13.9. The van der Waals surface area contributed by atoms with Crippen molar-refractivity contribution in [3.8, 4) is 5.75 Å². The van der Waals surface area contributed by atoms with Crippen LogP contribution < -0.4 is 10.1 Å². The van der Waals surface area contributed by atoms with E-state index in [2.05, 4.69) is 5.32 Å². The van der Waals surface area contributed by atoms with Gasteiger partial charge in [0.05, 0.1) is 17.4 Å². The van der Waals surface area contributed by atoms with Gasteiger partial charge in [-0.2, -0.15) is 4.31 Å². The summed E-state index contributed by atoms with van der Waals surface area (Å²) < 4.78 is 45.5. The maximum absolute atomic E-state index is 13.1. The number of amides is 1. The van der Waals surface area contributed by atoms with Gasteiger partial charge in [-0.25, -0.2) is 12.8 Å². The topological polar surface area (TPSA) is 75.7 Å². The highest BCUT2D eigenvalue weighted by Crippen LogP contribution is 2.24. The van der Waals surface area contributed by atoms with Crippen LogP contribution in [0.15, 0.2) is 53.4 Å². The van der Waals surface area contributed by atoms with Crippen molar-refractivity contribution < 1.29 is 22.3 Å². The van der Waals surface area contributed by atoms with Gasteiger partial charge in [0.1, 0.15) is 11.6 Å². The third kappa shape index (κ3) is 5.33. The number of benzene rings is 2. The van der Waals surface area contributed by atoms with Gasteiger partial charge in [-0.3, -0.25) is 4.79 Å². The van der Waals surface area contributed by atoms with Crippen LogP contribution in [0.5, 0.6) is 5.75 Å². The lowest BCUT2D eigenvalue weighted by Crippen LogP contribution is -2.45. The Morgan fingerprint density at radius 2 is 2.00 bits per heavy atom. The Morgan fingerprint density at radius 3 is 2.72 bits per heavy atom. The van der Waals surface area contributed by atoms with Crippen molar-refractivity contribution >= 4 is 15.9 Å². The molecule has 0 saturated carbocycles. The summed E-state index contributed by atoms with van der Waals surface area (Å²) in [6.07, 6.45) is 1.22. The zero-order valence-corrected chi connectivity index (χ0v) is 17.1. The fraction of sp³-hybridized carbons (Fsp3) is 0.381. The number of hydrogen-bond donors (Lipinski definition) is 1. The van der Waals surface area contributed by atoms with Crippen LogP contribution in [-0.2, 0) is 21.4 Å². The Hall–Kier alpha value is -2.45. The molecule has 1 aliphatic heterocycles. The second kappa shape index (κ2) is 9.37. The first kappa shape index (κ1) is 21.3. The fourth-order valence-electron chi connectivity index (χ4n) is 3.38. The number of rotatable bonds is 7. The molecule has 0 bridgehead atoms. The Kier molecular flexibility index (Phi) is 6.87. The molecule has 29 heavy (non-hydrogen) atoms. The first-order valence-electron chi connectivity index (χ1n) is 9.65. The van der Waals surface area contributed by atoms with Crippen LogP contribution in [0.4, 0.5) is 4.39 Å². The Bertz CT molecular complexity index is 947. The lowest BCUT2D eigenvalue weighted by Gasteiger charge is -2.31. The molecule has 2 aromatic carbocycles. The summed E-state index contributed by atoms with van der Waals surface area (Å²) in [6.45, 7) is 3.28. The highest BCUT2D eigenvalue weighted by Gasteiger charge is 2.33. The Labute approximate surface area is 170 Å². The summed E-state index contributed by atoms with van der Waals surface area (Å²) in [6, 6.07) is 12.2. The van der Waals surface area contributed by atoms with Crippen LogP contribution >= 0.6 is 0 Å². The molecule has 1 saturated heterocycles. The molecule has 156 valence electrons. The number of nitrogens with zero attached hydrogens (tertiary/aromatic N) is 1. The van der Waals surface area contributed by atoms with E-state index in [-0.39, 0.29) is 17.3 Å². The number of ether oxygens (including phenoxy) is 1. The number of piperidine rings is 1. The smallest absolute Gasteiger partial charge is 0.243 e. The van der Waals surface area contributed by atoms with E-state index in [9.17, 15) is 17.6 Å². The van der Waals surface area contributed by atoms with E-state index >= 15 is 0 Å². The van der Waals surface area contributed by atoms with Gasteiger partial charge < -0.3 is 10.1 Å². The summed E-state index contributed by atoms with van der Waals surface area (Å²) in [4.78, 5) is 12.7. The van der Waals surface area contributed by atoms with Crippen LogP contribution in [0, 0.1) is 11.7 Å². The predicted molar refractivity (Wildman–Crippen MR) is 107 cm³/mol. The van der Waals surface area contributed by atoms with Crippen LogP contribution in [0.25, 0.3) is 0 Å². The van der Waals surface area contributed by atoms with Crippen molar-refractivity contribution in [1.82, 2.24) is 9.62 Å². The molecule has 3 rings (SSSR count). The molecule has 2 aromatic rings. The summed E-state index contributed by atoms with van der Waals surface area (Å²) in [7, 11) is -3.75. The van der Waals surface area contributed by atoms with Crippen LogP contribution in [0.3, 0.4) is 0 Å². The summed E-state index contributed by atoms with van der Waals surface area (Å²) in [5, 5.41) is 2.89. The van der Waals surface area contributed by atoms with Crippen LogP contribution in [-0.4, -0.2) is 38.3 Å². The SMILES string of the molecule is CCOc1cccc(CNC(=O)[C@H]2CCCN(S(=O)(=O)c3ccc(F)cc3)C2)c1. The summed E-state index contributed by atoms with van der Waals surface area (Å²) in [5.41, 5.74) is 0.913. The molecule has 1 amide bonds.